The number of hydrogen-bond acceptors (Lipinski definition) is 5. The molecular formula is C56H34N6O. The van der Waals surface area contributed by atoms with Crippen molar-refractivity contribution in [1.29, 1.82) is 0 Å². The fourth-order valence-electron chi connectivity index (χ4n) is 9.42. The van der Waals surface area contributed by atoms with Crippen LogP contribution in [0.1, 0.15) is 0 Å². The van der Waals surface area contributed by atoms with Crippen molar-refractivity contribution in [3.8, 4) is 57.0 Å². The van der Waals surface area contributed by atoms with E-state index < -0.39 is 0 Å². The maximum atomic E-state index is 6.29. The predicted octanol–water partition coefficient (Wildman–Crippen LogP) is 14.0. The van der Waals surface area contributed by atoms with Gasteiger partial charge >= 0.3 is 0 Å². The minimum absolute atomic E-state index is 0.533. The first-order chi connectivity index (χ1) is 31.2. The van der Waals surface area contributed by atoms with Crippen LogP contribution in [-0.4, -0.2) is 29.1 Å². The number of rotatable bonds is 6. The van der Waals surface area contributed by atoms with Crippen molar-refractivity contribution >= 4 is 65.5 Å². The number of hydrogen-bond donors (Lipinski definition) is 0. The molecule has 0 aliphatic rings. The molecule has 63 heavy (non-hydrogen) atoms. The van der Waals surface area contributed by atoms with Gasteiger partial charge in [0.05, 0.1) is 22.1 Å². The molecule has 0 unspecified atom stereocenters. The van der Waals surface area contributed by atoms with Gasteiger partial charge in [0.15, 0.2) is 17.2 Å². The molecule has 0 bridgehead atoms. The Balaban J connectivity index is 1.12. The monoisotopic (exact) mass is 806 g/mol. The molecule has 7 heteroatoms. The highest BCUT2D eigenvalue weighted by molar-refractivity contribution is 6.23. The zero-order valence-corrected chi connectivity index (χ0v) is 33.7. The molecule has 294 valence electrons. The molecule has 0 fully saturated rings. The van der Waals surface area contributed by atoms with Gasteiger partial charge in [0.25, 0.3) is 0 Å². The Labute approximate surface area is 360 Å². The highest BCUT2D eigenvalue weighted by Crippen LogP contribution is 2.43. The largest absolute Gasteiger partial charge is 0.436 e. The fraction of sp³-hybridized carbons (Fsp3) is 0. The predicted molar refractivity (Wildman–Crippen MR) is 255 cm³/mol. The Morgan fingerprint density at radius 3 is 1.63 bits per heavy atom. The van der Waals surface area contributed by atoms with Crippen molar-refractivity contribution in [3.63, 3.8) is 0 Å². The molecule has 13 aromatic rings. The normalized spacial score (nSPS) is 11.8. The van der Waals surface area contributed by atoms with Gasteiger partial charge in [-0.25, -0.2) is 9.97 Å². The average Bonchev–Trinajstić information content (AvgIpc) is 4.05. The zero-order valence-electron chi connectivity index (χ0n) is 33.7. The molecule has 4 heterocycles. The van der Waals surface area contributed by atoms with Gasteiger partial charge in [-0.05, 0) is 70.4 Å². The third-order valence-electron chi connectivity index (χ3n) is 12.2. The van der Waals surface area contributed by atoms with Gasteiger partial charge in [-0.15, -0.1) is 0 Å². The van der Waals surface area contributed by atoms with E-state index in [1.807, 2.05) is 42.5 Å². The lowest BCUT2D eigenvalue weighted by molar-refractivity contribution is 0.620. The first kappa shape index (κ1) is 35.1. The van der Waals surface area contributed by atoms with Crippen molar-refractivity contribution in [3.05, 3.63) is 206 Å². The van der Waals surface area contributed by atoms with Gasteiger partial charge in [-0.1, -0.05) is 158 Å². The molecule has 0 amide bonds. The van der Waals surface area contributed by atoms with E-state index >= 15 is 0 Å². The van der Waals surface area contributed by atoms with Crippen LogP contribution in [0.5, 0.6) is 0 Å². The summed E-state index contributed by atoms with van der Waals surface area (Å²) in [6.45, 7) is 0. The highest BCUT2D eigenvalue weighted by Gasteiger charge is 2.24. The maximum absolute atomic E-state index is 6.29. The Morgan fingerprint density at radius 2 is 0.905 bits per heavy atom. The lowest BCUT2D eigenvalue weighted by atomic mass is 9.95. The van der Waals surface area contributed by atoms with Crippen LogP contribution in [0, 0.1) is 0 Å². The second-order valence-electron chi connectivity index (χ2n) is 15.8. The standard InChI is InChI=1S/C56H34N6O/c1-3-16-35(17-4-1)39-30-33-46(41-23-8-7-22-40(39)41)54-58-53(36-18-5-2-6-19-36)59-56(60-54)62-49-28-13-10-25-43(49)45-32-31-44-42-24-9-12-27-48(42)61(51(44)52(45)62)38-21-15-20-37(34-38)55-57-47-26-11-14-29-50(47)63-55/h1-34H. The van der Waals surface area contributed by atoms with E-state index in [0.29, 0.717) is 23.5 Å². The number of aromatic nitrogens is 6. The summed E-state index contributed by atoms with van der Waals surface area (Å²) in [7, 11) is 0. The van der Waals surface area contributed by atoms with Gasteiger partial charge in [-0.2, -0.15) is 9.97 Å². The number of nitrogens with zero attached hydrogens (tertiary/aromatic N) is 6. The molecule has 7 nitrogen and oxygen atoms in total. The second-order valence-corrected chi connectivity index (χ2v) is 15.8. The van der Waals surface area contributed by atoms with E-state index in [2.05, 4.69) is 173 Å². The van der Waals surface area contributed by atoms with E-state index in [0.717, 1.165) is 99.0 Å². The van der Waals surface area contributed by atoms with Gasteiger partial charge in [0.1, 0.15) is 5.52 Å². The van der Waals surface area contributed by atoms with Crippen LogP contribution in [0.2, 0.25) is 0 Å². The topological polar surface area (TPSA) is 74.6 Å². The SMILES string of the molecule is c1ccc(-c2nc(-c3ccc(-c4ccccc4)c4ccccc34)nc(-n3c4ccccc4c4ccc5c6ccccc6n(-c6cccc(-c7nc8ccccc8o7)c6)c5c43)n2)cc1. The first-order valence-corrected chi connectivity index (χ1v) is 21.1. The summed E-state index contributed by atoms with van der Waals surface area (Å²) in [5.74, 6) is 2.30. The molecule has 0 aliphatic carbocycles. The first-order valence-electron chi connectivity index (χ1n) is 21.1. The van der Waals surface area contributed by atoms with E-state index in [1.165, 1.54) is 0 Å². The summed E-state index contributed by atoms with van der Waals surface area (Å²) in [6, 6.07) is 71.6. The second kappa shape index (κ2) is 13.9. The lowest BCUT2D eigenvalue weighted by Crippen LogP contribution is -2.07. The quantitative estimate of drug-likeness (QED) is 0.167. The Morgan fingerprint density at radius 1 is 0.349 bits per heavy atom. The highest BCUT2D eigenvalue weighted by atomic mass is 16.3. The minimum Gasteiger partial charge on any atom is -0.436 e. The summed E-state index contributed by atoms with van der Waals surface area (Å²) >= 11 is 0. The number of fused-ring (bicyclic) bond motifs is 9. The van der Waals surface area contributed by atoms with Crippen LogP contribution >= 0.6 is 0 Å². The smallest absolute Gasteiger partial charge is 0.238 e. The zero-order chi connectivity index (χ0) is 41.4. The van der Waals surface area contributed by atoms with Gasteiger partial charge < -0.3 is 8.98 Å². The van der Waals surface area contributed by atoms with Crippen molar-refractivity contribution in [2.45, 2.75) is 0 Å². The average molecular weight is 807 g/mol. The van der Waals surface area contributed by atoms with Crippen LogP contribution in [0.4, 0.5) is 0 Å². The molecule has 0 atom stereocenters. The summed E-state index contributed by atoms with van der Waals surface area (Å²) < 4.78 is 10.9. The van der Waals surface area contributed by atoms with Crippen molar-refractivity contribution in [1.82, 2.24) is 29.1 Å². The van der Waals surface area contributed by atoms with Gasteiger partial charge in [0.2, 0.25) is 11.8 Å². The molecule has 0 spiro atoms. The van der Waals surface area contributed by atoms with Gasteiger partial charge in [-0.3, -0.25) is 4.57 Å². The molecular weight excluding hydrogens is 773 g/mol. The summed E-state index contributed by atoms with van der Waals surface area (Å²) in [5.41, 5.74) is 11.7. The molecule has 0 saturated heterocycles. The molecule has 0 radical (unpaired) electrons. The Bertz CT molecular complexity index is 3890. The number of oxazole rings is 1. The number of para-hydroxylation sites is 4. The van der Waals surface area contributed by atoms with Crippen LogP contribution in [-0.2, 0) is 0 Å². The Kier molecular flexibility index (Phi) is 7.77. The molecule has 0 N–H and O–H groups in total. The lowest BCUT2D eigenvalue weighted by Gasteiger charge is -2.15. The van der Waals surface area contributed by atoms with Crippen molar-refractivity contribution in [2.75, 3.05) is 0 Å². The molecule has 9 aromatic carbocycles. The van der Waals surface area contributed by atoms with Crippen LogP contribution in [0.25, 0.3) is 122 Å². The molecule has 4 aromatic heterocycles. The summed E-state index contributed by atoms with van der Waals surface area (Å²) in [6.07, 6.45) is 0. The molecule has 0 aliphatic heterocycles. The van der Waals surface area contributed by atoms with E-state index in [4.69, 9.17) is 24.4 Å². The van der Waals surface area contributed by atoms with E-state index in [1.54, 1.807) is 0 Å². The molecule has 0 saturated carbocycles. The van der Waals surface area contributed by atoms with Crippen LogP contribution < -0.4 is 0 Å². The van der Waals surface area contributed by atoms with Crippen LogP contribution in [0.3, 0.4) is 0 Å². The van der Waals surface area contributed by atoms with Crippen molar-refractivity contribution < 1.29 is 4.42 Å². The van der Waals surface area contributed by atoms with Crippen LogP contribution in [0.15, 0.2) is 211 Å². The third-order valence-corrected chi connectivity index (χ3v) is 12.2. The van der Waals surface area contributed by atoms with Crippen molar-refractivity contribution in [2.24, 2.45) is 0 Å². The van der Waals surface area contributed by atoms with E-state index in [9.17, 15) is 0 Å². The Hall–Kier alpha value is -8.68. The molecule has 13 rings (SSSR count). The fourth-order valence-corrected chi connectivity index (χ4v) is 9.42. The third kappa shape index (κ3) is 5.53. The summed E-state index contributed by atoms with van der Waals surface area (Å²) in [5, 5.41) is 6.66. The number of benzene rings is 9. The maximum Gasteiger partial charge on any atom is 0.238 e. The minimum atomic E-state index is 0.533. The summed E-state index contributed by atoms with van der Waals surface area (Å²) in [4.78, 5) is 21.0. The van der Waals surface area contributed by atoms with E-state index in [-0.39, 0.29) is 0 Å². The van der Waals surface area contributed by atoms with Gasteiger partial charge in [0, 0.05) is 43.9 Å².